The van der Waals surface area contributed by atoms with Gasteiger partial charge in [-0.2, -0.15) is 0 Å². The maximum atomic E-state index is 14.2. The molecule has 4 rings (SSSR count). The number of nitrogens with two attached hydrogens (primary N) is 1. The minimum absolute atomic E-state index is 0.105. The Hall–Kier alpha value is -3.23. The molecule has 1 aromatic heterocycles. The van der Waals surface area contributed by atoms with Gasteiger partial charge in [0.05, 0.1) is 11.4 Å². The third kappa shape index (κ3) is 5.97. The molecule has 9 heteroatoms. The highest BCUT2D eigenvalue weighted by atomic mass is 19.1. The van der Waals surface area contributed by atoms with Crippen LogP contribution < -0.4 is 16.0 Å². The van der Waals surface area contributed by atoms with Gasteiger partial charge >= 0.3 is 6.03 Å². The third-order valence-electron chi connectivity index (χ3n) is 6.44. The van der Waals surface area contributed by atoms with Crippen molar-refractivity contribution >= 4 is 23.4 Å². The van der Waals surface area contributed by atoms with Gasteiger partial charge in [0.2, 0.25) is 5.95 Å². The number of oxime groups is 1. The van der Waals surface area contributed by atoms with Crippen molar-refractivity contribution in [2.75, 3.05) is 23.3 Å². The first-order valence-electron chi connectivity index (χ1n) is 11.6. The van der Waals surface area contributed by atoms with Crippen molar-refractivity contribution in [1.82, 2.24) is 9.97 Å². The van der Waals surface area contributed by atoms with E-state index in [0.717, 1.165) is 80.8 Å². The van der Waals surface area contributed by atoms with Crippen LogP contribution in [0.15, 0.2) is 35.7 Å². The van der Waals surface area contributed by atoms with Crippen LogP contribution in [0.3, 0.4) is 0 Å². The molecular weight excluding hydrogens is 423 g/mol. The van der Waals surface area contributed by atoms with E-state index >= 15 is 0 Å². The van der Waals surface area contributed by atoms with Crippen LogP contribution in [-0.4, -0.2) is 40.9 Å². The summed E-state index contributed by atoms with van der Waals surface area (Å²) in [6.07, 6.45) is 10.1. The fourth-order valence-electron chi connectivity index (χ4n) is 4.40. The van der Waals surface area contributed by atoms with Crippen LogP contribution in [0.4, 0.5) is 20.8 Å². The molecule has 3 N–H and O–H groups in total. The van der Waals surface area contributed by atoms with E-state index in [2.05, 4.69) is 32.3 Å². The fraction of sp³-hybridized carbons (Fsp3) is 0.500. The Balaban J connectivity index is 1.23. The van der Waals surface area contributed by atoms with Gasteiger partial charge in [0.15, 0.2) is 0 Å². The zero-order chi connectivity index (χ0) is 23.2. The zero-order valence-electron chi connectivity index (χ0n) is 19.0. The SMILES string of the molecule is CCc1cnc(N2CCC(ON=C3CCC(c4ccc(NC(N)=O)c(F)c4)CC3)CC2)nc1. The first kappa shape index (κ1) is 22.9. The van der Waals surface area contributed by atoms with Crippen molar-refractivity contribution in [2.45, 2.75) is 63.9 Å². The Morgan fingerprint density at radius 2 is 1.91 bits per heavy atom. The van der Waals surface area contributed by atoms with Gasteiger partial charge in [-0.25, -0.2) is 19.2 Å². The summed E-state index contributed by atoms with van der Waals surface area (Å²) in [5, 5.41) is 6.74. The number of halogens is 1. The number of urea groups is 1. The minimum Gasteiger partial charge on any atom is -0.392 e. The van der Waals surface area contributed by atoms with Crippen molar-refractivity contribution in [3.63, 3.8) is 0 Å². The Morgan fingerprint density at radius 1 is 1.21 bits per heavy atom. The van der Waals surface area contributed by atoms with Gasteiger partial charge in [0.1, 0.15) is 11.9 Å². The van der Waals surface area contributed by atoms with E-state index in [1.807, 2.05) is 18.5 Å². The number of amides is 2. The van der Waals surface area contributed by atoms with Crippen molar-refractivity contribution in [3.05, 3.63) is 47.5 Å². The number of aryl methyl sites for hydroxylation is 1. The number of hydrogen-bond donors (Lipinski definition) is 2. The highest BCUT2D eigenvalue weighted by Crippen LogP contribution is 2.33. The number of carbonyl (C=O) groups is 1. The van der Waals surface area contributed by atoms with Gasteiger partial charge in [0, 0.05) is 38.3 Å². The number of nitrogens with zero attached hydrogens (tertiary/aromatic N) is 4. The molecule has 1 saturated carbocycles. The summed E-state index contributed by atoms with van der Waals surface area (Å²) in [5.74, 6) is 0.584. The lowest BCUT2D eigenvalue weighted by Gasteiger charge is -2.31. The standard InChI is InChI=1S/C24H31FN6O2/c1-2-16-14-27-24(28-15-16)31-11-9-20(10-12-31)33-30-19-6-3-17(4-7-19)18-5-8-22(21(25)13-18)29-23(26)32/h5,8,13-15,17,20H,2-4,6-7,9-12H2,1H3,(H3,26,29,32). The zero-order valence-corrected chi connectivity index (χ0v) is 19.0. The quantitative estimate of drug-likeness (QED) is 0.631. The van der Waals surface area contributed by atoms with Crippen LogP contribution in [0.2, 0.25) is 0 Å². The predicted octanol–water partition coefficient (Wildman–Crippen LogP) is 4.37. The number of rotatable bonds is 6. The van der Waals surface area contributed by atoms with Crippen molar-refractivity contribution in [3.8, 4) is 0 Å². The normalized spacial score (nSPS) is 19.3. The first-order chi connectivity index (χ1) is 16.0. The van der Waals surface area contributed by atoms with Gasteiger partial charge in [-0.05, 0) is 61.3 Å². The predicted molar refractivity (Wildman–Crippen MR) is 126 cm³/mol. The second-order valence-corrected chi connectivity index (χ2v) is 8.70. The van der Waals surface area contributed by atoms with E-state index in [4.69, 9.17) is 10.6 Å². The number of hydrogen-bond acceptors (Lipinski definition) is 6. The molecule has 0 atom stereocenters. The summed E-state index contributed by atoms with van der Waals surface area (Å²) in [7, 11) is 0. The molecule has 0 bridgehead atoms. The van der Waals surface area contributed by atoms with Crippen LogP contribution >= 0.6 is 0 Å². The summed E-state index contributed by atoms with van der Waals surface area (Å²) in [4.78, 5) is 27.9. The first-order valence-corrected chi connectivity index (χ1v) is 11.6. The summed E-state index contributed by atoms with van der Waals surface area (Å²) in [5.41, 5.74) is 8.32. The minimum atomic E-state index is -0.773. The molecule has 1 aliphatic heterocycles. The Morgan fingerprint density at radius 3 is 2.52 bits per heavy atom. The van der Waals surface area contributed by atoms with E-state index in [0.29, 0.717) is 0 Å². The largest absolute Gasteiger partial charge is 0.392 e. The lowest BCUT2D eigenvalue weighted by Crippen LogP contribution is -2.37. The molecule has 2 heterocycles. The van der Waals surface area contributed by atoms with Crippen molar-refractivity contribution < 1.29 is 14.0 Å². The van der Waals surface area contributed by atoms with Crippen LogP contribution in [-0.2, 0) is 11.3 Å². The molecule has 1 saturated heterocycles. The molecule has 2 aromatic rings. The van der Waals surface area contributed by atoms with Crippen LogP contribution in [0.5, 0.6) is 0 Å². The van der Waals surface area contributed by atoms with E-state index < -0.39 is 11.8 Å². The number of carbonyl (C=O) groups excluding carboxylic acids is 1. The van der Waals surface area contributed by atoms with Crippen molar-refractivity contribution in [1.29, 1.82) is 0 Å². The monoisotopic (exact) mass is 454 g/mol. The number of anilines is 2. The summed E-state index contributed by atoms with van der Waals surface area (Å²) in [6.45, 7) is 3.81. The van der Waals surface area contributed by atoms with E-state index in [1.165, 1.54) is 6.07 Å². The van der Waals surface area contributed by atoms with Gasteiger partial charge < -0.3 is 20.8 Å². The second kappa shape index (κ2) is 10.6. The van der Waals surface area contributed by atoms with Crippen molar-refractivity contribution in [2.24, 2.45) is 10.9 Å². The average Bonchev–Trinajstić information content (AvgIpc) is 2.84. The highest BCUT2D eigenvalue weighted by molar-refractivity contribution is 5.88. The molecule has 0 unspecified atom stereocenters. The lowest BCUT2D eigenvalue weighted by molar-refractivity contribution is 0.0406. The molecule has 0 spiro atoms. The fourth-order valence-corrected chi connectivity index (χ4v) is 4.40. The Kier molecular flexibility index (Phi) is 7.36. The number of aromatic nitrogens is 2. The van der Waals surface area contributed by atoms with Gasteiger partial charge in [-0.3, -0.25) is 0 Å². The molecule has 2 fully saturated rings. The topological polar surface area (TPSA) is 106 Å². The third-order valence-corrected chi connectivity index (χ3v) is 6.44. The second-order valence-electron chi connectivity index (χ2n) is 8.70. The smallest absolute Gasteiger partial charge is 0.316 e. The summed E-state index contributed by atoms with van der Waals surface area (Å²) >= 11 is 0. The lowest BCUT2D eigenvalue weighted by atomic mass is 9.83. The average molecular weight is 455 g/mol. The molecule has 33 heavy (non-hydrogen) atoms. The number of piperidine rings is 1. The van der Waals surface area contributed by atoms with Gasteiger partial charge in [-0.1, -0.05) is 18.1 Å². The molecule has 176 valence electrons. The van der Waals surface area contributed by atoms with Gasteiger partial charge in [0.25, 0.3) is 0 Å². The van der Waals surface area contributed by atoms with Crippen LogP contribution in [0.25, 0.3) is 0 Å². The highest BCUT2D eigenvalue weighted by Gasteiger charge is 2.24. The Labute approximate surface area is 193 Å². The van der Waals surface area contributed by atoms with Crippen LogP contribution in [0.1, 0.15) is 62.5 Å². The molecular formula is C24H31FN6O2. The van der Waals surface area contributed by atoms with Gasteiger partial charge in [-0.15, -0.1) is 0 Å². The molecule has 1 aliphatic carbocycles. The van der Waals surface area contributed by atoms with Crippen LogP contribution in [0, 0.1) is 5.82 Å². The summed E-state index contributed by atoms with van der Waals surface area (Å²) in [6, 6.07) is 4.13. The molecule has 8 nitrogen and oxygen atoms in total. The Bertz CT molecular complexity index is 979. The number of primary amides is 1. The molecule has 2 aliphatic rings. The maximum Gasteiger partial charge on any atom is 0.316 e. The number of benzene rings is 1. The van der Waals surface area contributed by atoms with E-state index in [-0.39, 0.29) is 17.7 Å². The molecule has 2 amide bonds. The van der Waals surface area contributed by atoms with E-state index in [1.54, 1.807) is 6.07 Å². The van der Waals surface area contributed by atoms with E-state index in [9.17, 15) is 9.18 Å². The summed E-state index contributed by atoms with van der Waals surface area (Å²) < 4.78 is 14.2. The maximum absolute atomic E-state index is 14.2. The molecule has 0 radical (unpaired) electrons. The molecule has 1 aromatic carbocycles. The number of nitrogens with one attached hydrogen (secondary N) is 1.